The molecule has 1 atom stereocenters. The van der Waals surface area contributed by atoms with E-state index in [1.807, 2.05) is 60.7 Å². The highest BCUT2D eigenvalue weighted by Crippen LogP contribution is 2.70. The van der Waals surface area contributed by atoms with Gasteiger partial charge in [0.25, 0.3) is 7.44 Å². The van der Waals surface area contributed by atoms with Crippen molar-refractivity contribution in [2.45, 2.75) is 18.6 Å². The van der Waals surface area contributed by atoms with Gasteiger partial charge in [-0.05, 0) is 54.8 Å². The van der Waals surface area contributed by atoms with E-state index in [-0.39, 0.29) is 5.78 Å². The van der Waals surface area contributed by atoms with Gasteiger partial charge in [0.15, 0.2) is 0 Å². The second-order valence-electron chi connectivity index (χ2n) is 8.90. The van der Waals surface area contributed by atoms with E-state index in [9.17, 15) is 5.26 Å². The SMILES string of the molecule is C=C1CCN(C(c2ccc(C#N)cc2)P2(=O)N(c3ccccc3)CCN2c2ccccc2)CC1. The molecule has 0 bridgehead atoms. The zero-order valence-electron chi connectivity index (χ0n) is 19.3. The Bertz CT molecular complexity index is 1180. The van der Waals surface area contributed by atoms with Gasteiger partial charge >= 0.3 is 0 Å². The highest BCUT2D eigenvalue weighted by atomic mass is 31.2. The molecule has 2 aliphatic rings. The lowest BCUT2D eigenvalue weighted by Gasteiger charge is -2.44. The van der Waals surface area contributed by atoms with Crippen molar-refractivity contribution in [3.8, 4) is 6.07 Å². The van der Waals surface area contributed by atoms with Crippen molar-refractivity contribution in [1.29, 1.82) is 5.26 Å². The van der Waals surface area contributed by atoms with Gasteiger partial charge in [-0.2, -0.15) is 5.26 Å². The minimum absolute atomic E-state index is 0.323. The lowest BCUT2D eigenvalue weighted by molar-refractivity contribution is 0.231. The zero-order valence-corrected chi connectivity index (χ0v) is 20.1. The van der Waals surface area contributed by atoms with E-state index in [2.05, 4.69) is 51.2 Å². The minimum Gasteiger partial charge on any atom is -0.304 e. The van der Waals surface area contributed by atoms with Gasteiger partial charge in [0, 0.05) is 37.6 Å². The van der Waals surface area contributed by atoms with Crippen molar-refractivity contribution in [2.24, 2.45) is 0 Å². The molecule has 0 spiro atoms. The number of anilines is 2. The van der Waals surface area contributed by atoms with Crippen LogP contribution in [0.25, 0.3) is 0 Å². The molecular weight excluding hydrogens is 439 g/mol. The van der Waals surface area contributed by atoms with Crippen molar-refractivity contribution in [3.05, 3.63) is 108 Å². The number of hydrogen-bond acceptors (Lipinski definition) is 3. The quantitative estimate of drug-likeness (QED) is 0.319. The van der Waals surface area contributed by atoms with E-state index < -0.39 is 7.44 Å². The predicted octanol–water partition coefficient (Wildman–Crippen LogP) is 6.43. The highest BCUT2D eigenvalue weighted by Gasteiger charge is 2.52. The largest absolute Gasteiger partial charge is 0.304 e. The van der Waals surface area contributed by atoms with Gasteiger partial charge in [-0.25, -0.2) is 0 Å². The summed E-state index contributed by atoms with van der Waals surface area (Å²) in [5.41, 5.74) is 4.80. The van der Waals surface area contributed by atoms with Crippen molar-refractivity contribution >= 4 is 18.8 Å². The van der Waals surface area contributed by atoms with Gasteiger partial charge in [0.2, 0.25) is 0 Å². The summed E-state index contributed by atoms with van der Waals surface area (Å²) in [6, 6.07) is 30.1. The molecule has 0 radical (unpaired) electrons. The second kappa shape index (κ2) is 9.50. The van der Waals surface area contributed by atoms with Crippen LogP contribution in [0.2, 0.25) is 0 Å². The molecule has 3 aromatic carbocycles. The predicted molar refractivity (Wildman–Crippen MR) is 139 cm³/mol. The monoisotopic (exact) mass is 468 g/mol. The number of nitriles is 1. The first-order valence-corrected chi connectivity index (χ1v) is 13.5. The summed E-state index contributed by atoms with van der Waals surface area (Å²) in [5.74, 6) is -0.323. The average molecular weight is 469 g/mol. The number of rotatable bonds is 5. The van der Waals surface area contributed by atoms with Crippen LogP contribution < -0.4 is 9.34 Å². The molecule has 6 heteroatoms. The topological polar surface area (TPSA) is 50.6 Å². The lowest BCUT2D eigenvalue weighted by atomic mass is 10.0. The summed E-state index contributed by atoms with van der Waals surface area (Å²) in [4.78, 5) is 2.37. The summed E-state index contributed by atoms with van der Waals surface area (Å²) in [5, 5.41) is 9.35. The van der Waals surface area contributed by atoms with Gasteiger partial charge < -0.3 is 9.34 Å². The first kappa shape index (κ1) is 22.5. The Labute approximate surface area is 202 Å². The molecule has 2 aliphatic heterocycles. The van der Waals surface area contributed by atoms with Crippen LogP contribution in [-0.4, -0.2) is 31.1 Å². The Hall–Kier alpha value is -3.32. The summed E-state index contributed by atoms with van der Waals surface area (Å²) in [6.07, 6.45) is 1.81. The second-order valence-corrected chi connectivity index (χ2v) is 11.5. The molecule has 0 N–H and O–H groups in total. The van der Waals surface area contributed by atoms with E-state index in [0.29, 0.717) is 18.7 Å². The maximum Gasteiger partial charge on any atom is 0.284 e. The molecule has 0 aliphatic carbocycles. The molecular formula is C28H29N4OP. The van der Waals surface area contributed by atoms with Crippen molar-refractivity contribution in [1.82, 2.24) is 4.90 Å². The third-order valence-corrected chi connectivity index (χ3v) is 10.3. The Morgan fingerprint density at radius 3 is 1.74 bits per heavy atom. The van der Waals surface area contributed by atoms with Crippen LogP contribution in [0.3, 0.4) is 0 Å². The third kappa shape index (κ3) is 4.05. The van der Waals surface area contributed by atoms with Crippen LogP contribution in [0.1, 0.15) is 29.8 Å². The Kier molecular flexibility index (Phi) is 6.28. The number of benzene rings is 3. The van der Waals surface area contributed by atoms with E-state index in [0.717, 1.165) is 42.9 Å². The number of hydrogen-bond donors (Lipinski definition) is 0. The van der Waals surface area contributed by atoms with E-state index >= 15 is 4.57 Å². The number of likely N-dealkylation sites (tertiary alicyclic amines) is 1. The fourth-order valence-corrected chi connectivity index (χ4v) is 8.78. The summed E-state index contributed by atoms with van der Waals surface area (Å²) in [7, 11) is -3.20. The highest BCUT2D eigenvalue weighted by molar-refractivity contribution is 7.67. The van der Waals surface area contributed by atoms with Gasteiger partial charge in [-0.1, -0.05) is 60.7 Å². The molecule has 34 heavy (non-hydrogen) atoms. The molecule has 0 saturated carbocycles. The van der Waals surface area contributed by atoms with Crippen LogP contribution in [0.15, 0.2) is 97.1 Å². The Balaban J connectivity index is 1.68. The third-order valence-electron chi connectivity index (χ3n) is 6.83. The zero-order chi connectivity index (χ0) is 23.5. The molecule has 5 nitrogen and oxygen atoms in total. The maximum absolute atomic E-state index is 15.6. The molecule has 2 fully saturated rings. The van der Waals surface area contributed by atoms with Crippen LogP contribution in [0.4, 0.5) is 11.4 Å². The molecule has 1 unspecified atom stereocenters. The number of nitrogens with zero attached hydrogens (tertiary/aromatic N) is 4. The van der Waals surface area contributed by atoms with Crippen LogP contribution in [-0.2, 0) is 4.57 Å². The normalized spacial score (nSPS) is 19.1. The average Bonchev–Trinajstić information content (AvgIpc) is 3.24. The number of piperidine rings is 1. The van der Waals surface area contributed by atoms with Crippen molar-refractivity contribution in [2.75, 3.05) is 35.5 Å². The fourth-order valence-electron chi connectivity index (χ4n) is 5.09. The summed E-state index contributed by atoms with van der Waals surface area (Å²) >= 11 is 0. The molecule has 0 aromatic heterocycles. The van der Waals surface area contributed by atoms with Gasteiger partial charge in [0.05, 0.1) is 11.6 Å². The first-order valence-electron chi connectivity index (χ1n) is 11.8. The Morgan fingerprint density at radius 2 is 1.26 bits per heavy atom. The van der Waals surface area contributed by atoms with E-state index in [1.165, 1.54) is 5.57 Å². The molecule has 2 saturated heterocycles. The van der Waals surface area contributed by atoms with Gasteiger partial charge in [-0.15, -0.1) is 0 Å². The van der Waals surface area contributed by atoms with Crippen LogP contribution in [0, 0.1) is 11.3 Å². The standard InChI is InChI=1S/C28H29N4OP/c1-23-16-18-30(19-17-23)28(25-14-12-24(22-29)13-15-25)34(33)31(26-8-4-2-5-9-26)20-21-32(34)27-10-6-3-7-11-27/h2-15,28H,1,16-21H2. The Morgan fingerprint density at radius 1 is 0.765 bits per heavy atom. The minimum atomic E-state index is -3.20. The number of para-hydroxylation sites is 2. The van der Waals surface area contributed by atoms with Crippen molar-refractivity contribution < 1.29 is 4.57 Å². The summed E-state index contributed by atoms with van der Waals surface area (Å²) in [6.45, 7) is 7.20. The molecule has 172 valence electrons. The lowest BCUT2D eigenvalue weighted by Crippen LogP contribution is -2.39. The first-order chi connectivity index (χ1) is 16.6. The molecule has 2 heterocycles. The van der Waals surface area contributed by atoms with Crippen molar-refractivity contribution in [3.63, 3.8) is 0 Å². The molecule has 3 aromatic rings. The molecule has 0 amide bonds. The smallest absolute Gasteiger partial charge is 0.284 e. The summed E-state index contributed by atoms with van der Waals surface area (Å²) < 4.78 is 19.9. The molecule has 5 rings (SSSR count). The van der Waals surface area contributed by atoms with E-state index in [1.54, 1.807) is 0 Å². The maximum atomic E-state index is 15.6. The van der Waals surface area contributed by atoms with Crippen LogP contribution >= 0.6 is 7.44 Å². The van der Waals surface area contributed by atoms with Crippen LogP contribution in [0.5, 0.6) is 0 Å². The van der Waals surface area contributed by atoms with E-state index in [4.69, 9.17) is 0 Å². The van der Waals surface area contributed by atoms with Gasteiger partial charge in [-0.3, -0.25) is 9.46 Å². The fraction of sp³-hybridized carbons (Fsp3) is 0.250. The van der Waals surface area contributed by atoms with Gasteiger partial charge in [0.1, 0.15) is 5.78 Å².